The second-order valence-electron chi connectivity index (χ2n) is 5.17. The van der Waals surface area contributed by atoms with Gasteiger partial charge in [-0.3, -0.25) is 4.79 Å². The van der Waals surface area contributed by atoms with E-state index in [4.69, 9.17) is 4.74 Å². The Morgan fingerprint density at radius 3 is 2.64 bits per heavy atom. The number of ether oxygens (including phenoxy) is 1. The molecule has 0 aromatic heterocycles. The van der Waals surface area contributed by atoms with Crippen molar-refractivity contribution in [3.8, 4) is 5.75 Å². The second-order valence-corrected chi connectivity index (χ2v) is 5.17. The van der Waals surface area contributed by atoms with Crippen LogP contribution in [0.1, 0.15) is 22.8 Å². The Bertz CT molecular complexity index is 765. The number of hydrogen-bond acceptors (Lipinski definition) is 3. The first kappa shape index (κ1) is 18.3. The van der Waals surface area contributed by atoms with Gasteiger partial charge in [-0.15, -0.1) is 0 Å². The van der Waals surface area contributed by atoms with E-state index in [-0.39, 0.29) is 18.2 Å². The topological polar surface area (TPSA) is 79.5 Å². The van der Waals surface area contributed by atoms with Crippen molar-refractivity contribution in [1.29, 1.82) is 0 Å². The van der Waals surface area contributed by atoms with Gasteiger partial charge in [0.05, 0.1) is 6.61 Å². The number of nitrogens with one attached hydrogen (secondary N) is 3. The lowest BCUT2D eigenvalue weighted by atomic mass is 10.2. The molecule has 0 saturated carbocycles. The van der Waals surface area contributed by atoms with Crippen LogP contribution < -0.4 is 20.7 Å². The van der Waals surface area contributed by atoms with Crippen LogP contribution in [-0.2, 0) is 6.54 Å². The summed E-state index contributed by atoms with van der Waals surface area (Å²) in [4.78, 5) is 23.5. The number of urea groups is 1. The van der Waals surface area contributed by atoms with Gasteiger partial charge >= 0.3 is 6.03 Å². The standard InChI is InChI=1S/C18H20FN3O3/c1-3-25-16-8-7-12(9-15(16)19)11-21-18(24)22-14-6-4-5-13(10-14)17(23)20-2/h4-10H,3,11H2,1-2H3,(H,20,23)(H2,21,22,24). The van der Waals surface area contributed by atoms with E-state index in [2.05, 4.69) is 16.0 Å². The van der Waals surface area contributed by atoms with Crippen molar-refractivity contribution in [2.24, 2.45) is 0 Å². The highest BCUT2D eigenvalue weighted by molar-refractivity contribution is 5.96. The van der Waals surface area contributed by atoms with Crippen molar-refractivity contribution in [3.05, 3.63) is 59.4 Å². The van der Waals surface area contributed by atoms with Crippen LogP contribution >= 0.6 is 0 Å². The Morgan fingerprint density at radius 1 is 1.16 bits per heavy atom. The Labute approximate surface area is 145 Å². The quantitative estimate of drug-likeness (QED) is 0.753. The summed E-state index contributed by atoms with van der Waals surface area (Å²) in [6.07, 6.45) is 0. The fraction of sp³-hybridized carbons (Fsp3) is 0.222. The van der Waals surface area contributed by atoms with E-state index in [1.165, 1.54) is 19.2 Å². The molecule has 0 radical (unpaired) electrons. The molecule has 132 valence electrons. The van der Waals surface area contributed by atoms with Crippen LogP contribution in [0.25, 0.3) is 0 Å². The zero-order valence-electron chi connectivity index (χ0n) is 14.1. The number of rotatable bonds is 6. The van der Waals surface area contributed by atoms with Gasteiger partial charge in [0.25, 0.3) is 5.91 Å². The molecule has 7 heteroatoms. The summed E-state index contributed by atoms with van der Waals surface area (Å²) in [7, 11) is 1.53. The van der Waals surface area contributed by atoms with Gasteiger partial charge < -0.3 is 20.7 Å². The average Bonchev–Trinajstić information content (AvgIpc) is 2.61. The maximum Gasteiger partial charge on any atom is 0.319 e. The molecule has 0 aliphatic rings. The molecule has 6 nitrogen and oxygen atoms in total. The molecule has 2 aromatic carbocycles. The Kier molecular flexibility index (Phi) is 6.33. The molecule has 0 heterocycles. The van der Waals surface area contributed by atoms with Crippen LogP contribution in [0.2, 0.25) is 0 Å². The summed E-state index contributed by atoms with van der Waals surface area (Å²) in [6.45, 7) is 2.31. The van der Waals surface area contributed by atoms with Crippen molar-refractivity contribution < 1.29 is 18.7 Å². The fourth-order valence-electron chi connectivity index (χ4n) is 2.17. The summed E-state index contributed by atoms with van der Waals surface area (Å²) in [5.41, 5.74) is 1.53. The van der Waals surface area contributed by atoms with Gasteiger partial charge in [0.15, 0.2) is 11.6 Å². The van der Waals surface area contributed by atoms with Crippen LogP contribution in [-0.4, -0.2) is 25.6 Å². The van der Waals surface area contributed by atoms with Crippen LogP contribution in [0.3, 0.4) is 0 Å². The lowest BCUT2D eigenvalue weighted by molar-refractivity contribution is 0.0963. The molecule has 2 rings (SSSR count). The molecule has 0 aliphatic heterocycles. The molecule has 0 atom stereocenters. The number of benzene rings is 2. The highest BCUT2D eigenvalue weighted by Gasteiger charge is 2.08. The summed E-state index contributed by atoms with van der Waals surface area (Å²) in [5.74, 6) is -0.532. The van der Waals surface area contributed by atoms with Gasteiger partial charge in [0.1, 0.15) is 0 Å². The Morgan fingerprint density at radius 2 is 1.96 bits per heavy atom. The smallest absolute Gasteiger partial charge is 0.319 e. The van der Waals surface area contributed by atoms with Crippen LogP contribution in [0.4, 0.5) is 14.9 Å². The predicted octanol–water partition coefficient (Wildman–Crippen LogP) is 2.91. The molecule has 0 unspecified atom stereocenters. The summed E-state index contributed by atoms with van der Waals surface area (Å²) < 4.78 is 18.9. The third kappa shape index (κ3) is 5.20. The maximum atomic E-state index is 13.8. The first-order valence-corrected chi connectivity index (χ1v) is 7.81. The van der Waals surface area contributed by atoms with Gasteiger partial charge in [0.2, 0.25) is 0 Å². The Balaban J connectivity index is 1.93. The lowest BCUT2D eigenvalue weighted by Gasteiger charge is -2.10. The number of carbonyl (C=O) groups excluding carboxylic acids is 2. The number of anilines is 1. The van der Waals surface area contributed by atoms with Crippen LogP contribution in [0.5, 0.6) is 5.75 Å². The van der Waals surface area contributed by atoms with E-state index < -0.39 is 11.8 Å². The third-order valence-corrected chi connectivity index (χ3v) is 3.36. The van der Waals surface area contributed by atoms with Crippen molar-refractivity contribution in [2.45, 2.75) is 13.5 Å². The fourth-order valence-corrected chi connectivity index (χ4v) is 2.17. The second kappa shape index (κ2) is 8.68. The normalized spacial score (nSPS) is 10.0. The molecular formula is C18H20FN3O3. The van der Waals surface area contributed by atoms with Gasteiger partial charge in [-0.1, -0.05) is 12.1 Å². The molecule has 3 N–H and O–H groups in total. The summed E-state index contributed by atoms with van der Waals surface area (Å²) in [5, 5.41) is 7.77. The molecule has 0 bridgehead atoms. The Hall–Kier alpha value is -3.09. The minimum atomic E-state index is -0.472. The molecule has 3 amide bonds. The van der Waals surface area contributed by atoms with Gasteiger partial charge in [-0.05, 0) is 42.8 Å². The lowest BCUT2D eigenvalue weighted by Crippen LogP contribution is -2.28. The van der Waals surface area contributed by atoms with E-state index in [9.17, 15) is 14.0 Å². The zero-order valence-corrected chi connectivity index (χ0v) is 14.1. The number of carbonyl (C=O) groups is 2. The number of halogens is 1. The van der Waals surface area contributed by atoms with Crippen LogP contribution in [0.15, 0.2) is 42.5 Å². The number of amides is 3. The zero-order chi connectivity index (χ0) is 18.2. The minimum absolute atomic E-state index is 0.157. The van der Waals surface area contributed by atoms with Gasteiger partial charge in [0, 0.05) is 24.8 Å². The predicted molar refractivity (Wildman–Crippen MR) is 93.3 cm³/mol. The van der Waals surface area contributed by atoms with E-state index in [0.29, 0.717) is 23.4 Å². The van der Waals surface area contributed by atoms with Gasteiger partial charge in [-0.25, -0.2) is 9.18 Å². The van der Waals surface area contributed by atoms with Crippen molar-refractivity contribution >= 4 is 17.6 Å². The van der Waals surface area contributed by atoms with Gasteiger partial charge in [-0.2, -0.15) is 0 Å². The van der Waals surface area contributed by atoms with E-state index in [0.717, 1.165) is 0 Å². The molecule has 0 fully saturated rings. The molecule has 2 aromatic rings. The molecule has 0 aliphatic carbocycles. The summed E-state index contributed by atoms with van der Waals surface area (Å²) >= 11 is 0. The summed E-state index contributed by atoms with van der Waals surface area (Å²) in [6, 6.07) is 10.6. The average molecular weight is 345 g/mol. The third-order valence-electron chi connectivity index (χ3n) is 3.36. The maximum absolute atomic E-state index is 13.8. The van der Waals surface area contributed by atoms with E-state index >= 15 is 0 Å². The molecule has 25 heavy (non-hydrogen) atoms. The van der Waals surface area contributed by atoms with Crippen LogP contribution in [0, 0.1) is 5.82 Å². The highest BCUT2D eigenvalue weighted by Crippen LogP contribution is 2.18. The molecule has 0 spiro atoms. The highest BCUT2D eigenvalue weighted by atomic mass is 19.1. The van der Waals surface area contributed by atoms with Crippen molar-refractivity contribution in [3.63, 3.8) is 0 Å². The molecule has 0 saturated heterocycles. The first-order chi connectivity index (χ1) is 12.0. The first-order valence-electron chi connectivity index (χ1n) is 7.81. The van der Waals surface area contributed by atoms with Crippen molar-refractivity contribution in [2.75, 3.05) is 19.0 Å². The number of hydrogen-bond donors (Lipinski definition) is 3. The molecular weight excluding hydrogens is 325 g/mol. The minimum Gasteiger partial charge on any atom is -0.491 e. The van der Waals surface area contributed by atoms with Crippen molar-refractivity contribution in [1.82, 2.24) is 10.6 Å². The monoisotopic (exact) mass is 345 g/mol. The van der Waals surface area contributed by atoms with E-state index in [1.54, 1.807) is 37.3 Å². The largest absolute Gasteiger partial charge is 0.491 e. The van der Waals surface area contributed by atoms with E-state index in [1.807, 2.05) is 0 Å². The SMILES string of the molecule is CCOc1ccc(CNC(=O)Nc2cccc(C(=O)NC)c2)cc1F.